The van der Waals surface area contributed by atoms with Gasteiger partial charge in [0, 0.05) is 0 Å². The van der Waals surface area contributed by atoms with Crippen LogP contribution in [0.1, 0.15) is 62.3 Å². The van der Waals surface area contributed by atoms with Crippen LogP contribution in [0.2, 0.25) is 34.8 Å². The van der Waals surface area contributed by atoms with Gasteiger partial charge in [-0.05, 0) is 16.6 Å². The molecule has 0 heterocycles. The number of hydrogen-bond acceptors (Lipinski definition) is 0. The van der Waals surface area contributed by atoms with Gasteiger partial charge in [0.25, 0.3) is 0 Å². The van der Waals surface area contributed by atoms with E-state index in [9.17, 15) is 0 Å². The first-order chi connectivity index (χ1) is 8.72. The molecule has 0 saturated carbocycles. The maximum Gasteiger partial charge on any atom is 0.0845 e. The second kappa shape index (κ2) is 7.82. The molecule has 0 aromatic rings. The van der Waals surface area contributed by atoms with Gasteiger partial charge in [-0.2, -0.15) is 0 Å². The van der Waals surface area contributed by atoms with Crippen LogP contribution in [0.25, 0.3) is 0 Å². The van der Waals surface area contributed by atoms with Gasteiger partial charge in [0.2, 0.25) is 0 Å². The van der Waals surface area contributed by atoms with Gasteiger partial charge in [-0.1, -0.05) is 80.4 Å². The van der Waals surface area contributed by atoms with E-state index < -0.39 is 16.1 Å². The molecule has 0 unspecified atom stereocenters. The molecule has 0 aromatic carbocycles. The average molecular weight is 299 g/mol. The Balaban J connectivity index is 5.55. The monoisotopic (exact) mass is 298 g/mol. The molecular formula is C17H38Si2. The van der Waals surface area contributed by atoms with Gasteiger partial charge < -0.3 is 0 Å². The molecule has 0 N–H and O–H groups in total. The van der Waals surface area contributed by atoms with Crippen molar-refractivity contribution in [3.8, 4) is 0 Å². The van der Waals surface area contributed by atoms with E-state index in [1.807, 2.05) is 0 Å². The van der Waals surface area contributed by atoms with Gasteiger partial charge in [-0.3, -0.25) is 0 Å². The standard InChI is InChI=1S/C17H38Si2/c1-10-18(11-2,12-3)13-14-19(15(4)5,16(6)7)17(8)9/h13-17H,10-12H2,1-9H3/b14-13+. The zero-order valence-corrected chi connectivity index (χ0v) is 17.0. The maximum absolute atomic E-state index is 2.79. The summed E-state index contributed by atoms with van der Waals surface area (Å²) in [6.45, 7) is 22.0. The molecule has 0 saturated heterocycles. The Morgan fingerprint density at radius 2 is 0.947 bits per heavy atom. The molecule has 0 nitrogen and oxygen atoms in total. The highest BCUT2D eigenvalue weighted by atomic mass is 28.3. The Labute approximate surface area is 125 Å². The molecule has 0 aliphatic carbocycles. The van der Waals surface area contributed by atoms with Gasteiger partial charge in [-0.25, -0.2) is 0 Å². The second-order valence-corrected chi connectivity index (χ2v) is 18.2. The van der Waals surface area contributed by atoms with Crippen molar-refractivity contribution in [2.45, 2.75) is 97.1 Å². The molecule has 19 heavy (non-hydrogen) atoms. The fourth-order valence-corrected chi connectivity index (χ4v) is 13.9. The lowest BCUT2D eigenvalue weighted by Crippen LogP contribution is -2.44. The third kappa shape index (κ3) is 4.07. The van der Waals surface area contributed by atoms with E-state index >= 15 is 0 Å². The Morgan fingerprint density at radius 1 is 0.632 bits per heavy atom. The Morgan fingerprint density at radius 3 is 1.16 bits per heavy atom. The van der Waals surface area contributed by atoms with E-state index in [1.54, 1.807) is 0 Å². The molecule has 0 fully saturated rings. The molecule has 2 heteroatoms. The third-order valence-corrected chi connectivity index (χ3v) is 18.0. The van der Waals surface area contributed by atoms with E-state index in [0.29, 0.717) is 0 Å². The predicted molar refractivity (Wildman–Crippen MR) is 97.4 cm³/mol. The minimum Gasteiger partial charge on any atom is -0.102 e. The van der Waals surface area contributed by atoms with Crippen LogP contribution in [-0.4, -0.2) is 16.1 Å². The van der Waals surface area contributed by atoms with Crippen LogP contribution in [-0.2, 0) is 0 Å². The van der Waals surface area contributed by atoms with Crippen LogP contribution >= 0.6 is 0 Å². The maximum atomic E-state index is 2.79. The zero-order chi connectivity index (χ0) is 15.3. The lowest BCUT2D eigenvalue weighted by Gasteiger charge is -2.41. The zero-order valence-electron chi connectivity index (χ0n) is 15.0. The molecule has 0 aliphatic rings. The normalized spacial score (nSPS) is 14.3. The quantitative estimate of drug-likeness (QED) is 0.432. The van der Waals surface area contributed by atoms with E-state index in [0.717, 1.165) is 16.6 Å². The summed E-state index contributed by atoms with van der Waals surface area (Å²) in [6.07, 6.45) is 0. The fraction of sp³-hybridized carbons (Fsp3) is 0.882. The topological polar surface area (TPSA) is 0 Å². The van der Waals surface area contributed by atoms with Gasteiger partial charge in [0.05, 0.1) is 16.1 Å². The summed E-state index contributed by atoms with van der Waals surface area (Å²) in [7, 11) is -2.44. The van der Waals surface area contributed by atoms with Crippen molar-refractivity contribution >= 4 is 16.1 Å². The summed E-state index contributed by atoms with van der Waals surface area (Å²) in [5.41, 5.74) is 8.10. The Hall–Kier alpha value is 0.174. The van der Waals surface area contributed by atoms with Crippen molar-refractivity contribution < 1.29 is 0 Å². The summed E-state index contributed by atoms with van der Waals surface area (Å²) in [6, 6.07) is 4.24. The van der Waals surface area contributed by atoms with Gasteiger partial charge >= 0.3 is 0 Å². The van der Waals surface area contributed by atoms with Crippen molar-refractivity contribution in [2.75, 3.05) is 0 Å². The molecule has 114 valence electrons. The highest BCUT2D eigenvalue weighted by Crippen LogP contribution is 2.43. The van der Waals surface area contributed by atoms with Crippen LogP contribution in [0.3, 0.4) is 0 Å². The SMILES string of the molecule is CC[Si](/C=C/[Si](C(C)C)(C(C)C)C(C)C)(CC)CC. The van der Waals surface area contributed by atoms with Crippen LogP contribution in [0.15, 0.2) is 11.4 Å². The molecule has 0 radical (unpaired) electrons. The Bertz CT molecular complexity index is 243. The van der Waals surface area contributed by atoms with Crippen LogP contribution in [0, 0.1) is 0 Å². The van der Waals surface area contributed by atoms with Crippen molar-refractivity contribution in [1.29, 1.82) is 0 Å². The predicted octanol–water partition coefficient (Wildman–Crippen LogP) is 6.81. The summed E-state index contributed by atoms with van der Waals surface area (Å²) in [4.78, 5) is 0. The first kappa shape index (κ1) is 19.2. The molecule has 0 amide bonds. The van der Waals surface area contributed by atoms with E-state index in [2.05, 4.69) is 73.7 Å². The van der Waals surface area contributed by atoms with Crippen molar-refractivity contribution in [3.05, 3.63) is 11.4 Å². The second-order valence-electron chi connectivity index (χ2n) is 7.22. The summed E-state index contributed by atoms with van der Waals surface area (Å²) in [5, 5.41) is 0. The highest BCUT2D eigenvalue weighted by molar-refractivity contribution is 6.91. The lowest BCUT2D eigenvalue weighted by molar-refractivity contribution is 0.833. The highest BCUT2D eigenvalue weighted by Gasteiger charge is 2.40. The summed E-state index contributed by atoms with van der Waals surface area (Å²) < 4.78 is 0. The lowest BCUT2D eigenvalue weighted by atomic mass is 10.5. The number of hydrogen-bond donors (Lipinski definition) is 0. The van der Waals surface area contributed by atoms with Crippen molar-refractivity contribution in [1.82, 2.24) is 0 Å². The van der Waals surface area contributed by atoms with E-state index in [-0.39, 0.29) is 0 Å². The molecular weight excluding hydrogens is 260 g/mol. The minimum atomic E-state index is -1.33. The van der Waals surface area contributed by atoms with E-state index in [1.165, 1.54) is 18.1 Å². The molecule has 0 rings (SSSR count). The van der Waals surface area contributed by atoms with Gasteiger partial charge in [-0.15, -0.1) is 11.4 Å². The molecule has 0 atom stereocenters. The first-order valence-electron chi connectivity index (χ1n) is 8.42. The third-order valence-electron chi connectivity index (χ3n) is 5.84. The van der Waals surface area contributed by atoms with Gasteiger partial charge in [0.15, 0.2) is 0 Å². The largest absolute Gasteiger partial charge is 0.102 e. The van der Waals surface area contributed by atoms with Crippen LogP contribution in [0.4, 0.5) is 0 Å². The molecule has 0 bridgehead atoms. The molecule has 0 aromatic heterocycles. The van der Waals surface area contributed by atoms with Gasteiger partial charge in [0.1, 0.15) is 0 Å². The fourth-order valence-electron chi connectivity index (χ4n) is 4.00. The smallest absolute Gasteiger partial charge is 0.0845 e. The first-order valence-corrected chi connectivity index (χ1v) is 13.4. The molecule has 0 spiro atoms. The number of rotatable bonds is 8. The summed E-state index contributed by atoms with van der Waals surface area (Å²) in [5.74, 6) is 0. The molecule has 0 aliphatic heterocycles. The van der Waals surface area contributed by atoms with E-state index in [4.69, 9.17) is 0 Å². The minimum absolute atomic E-state index is 0.848. The summed E-state index contributed by atoms with van der Waals surface area (Å²) >= 11 is 0. The Kier molecular flexibility index (Phi) is 7.90. The van der Waals surface area contributed by atoms with Crippen molar-refractivity contribution in [3.63, 3.8) is 0 Å². The van der Waals surface area contributed by atoms with Crippen LogP contribution in [0.5, 0.6) is 0 Å². The van der Waals surface area contributed by atoms with Crippen LogP contribution < -0.4 is 0 Å². The van der Waals surface area contributed by atoms with Crippen molar-refractivity contribution in [2.24, 2.45) is 0 Å². The average Bonchev–Trinajstić information content (AvgIpc) is 2.34.